The summed E-state index contributed by atoms with van der Waals surface area (Å²) in [6.45, 7) is 8.24. The number of nitrogens with zero attached hydrogens (tertiary/aromatic N) is 1. The molecule has 0 bridgehead atoms. The Morgan fingerprint density at radius 3 is 2.58 bits per heavy atom. The minimum atomic E-state index is -0.475. The van der Waals surface area contributed by atoms with Gasteiger partial charge in [-0.15, -0.1) is 0 Å². The molecule has 0 radical (unpaired) electrons. The molecule has 1 aromatic carbocycles. The average Bonchev–Trinajstić information content (AvgIpc) is 3.12. The lowest BCUT2D eigenvalue weighted by molar-refractivity contribution is -0.127. The topological polar surface area (TPSA) is 61.4 Å². The van der Waals surface area contributed by atoms with Crippen molar-refractivity contribution in [3.05, 3.63) is 24.3 Å². The van der Waals surface area contributed by atoms with Gasteiger partial charge in [0.1, 0.15) is 6.04 Å². The lowest BCUT2D eigenvalue weighted by atomic mass is 10.1. The van der Waals surface area contributed by atoms with Gasteiger partial charge in [0, 0.05) is 30.9 Å². The van der Waals surface area contributed by atoms with Crippen molar-refractivity contribution >= 4 is 23.2 Å². The van der Waals surface area contributed by atoms with Crippen LogP contribution in [0.5, 0.6) is 0 Å². The molecular formula is C21H33N3O2. The third kappa shape index (κ3) is 6.36. The number of benzene rings is 1. The van der Waals surface area contributed by atoms with E-state index < -0.39 is 6.04 Å². The van der Waals surface area contributed by atoms with E-state index in [1.807, 2.05) is 32.0 Å². The van der Waals surface area contributed by atoms with Gasteiger partial charge in [-0.3, -0.25) is 9.59 Å². The van der Waals surface area contributed by atoms with Crippen LogP contribution in [0.4, 0.5) is 11.4 Å². The largest absolute Gasteiger partial charge is 0.371 e. The molecule has 1 atom stereocenters. The molecule has 2 amide bonds. The molecule has 5 nitrogen and oxygen atoms in total. The normalized spacial score (nSPS) is 15.2. The molecule has 26 heavy (non-hydrogen) atoms. The number of anilines is 2. The van der Waals surface area contributed by atoms with Crippen LogP contribution in [0.3, 0.4) is 0 Å². The molecule has 1 fully saturated rings. The second kappa shape index (κ2) is 10.2. The van der Waals surface area contributed by atoms with E-state index in [9.17, 15) is 9.59 Å². The van der Waals surface area contributed by atoms with E-state index >= 15 is 0 Å². The van der Waals surface area contributed by atoms with Crippen molar-refractivity contribution in [2.24, 2.45) is 5.92 Å². The van der Waals surface area contributed by atoms with Gasteiger partial charge in [0.25, 0.3) is 0 Å². The number of hydrogen-bond donors (Lipinski definition) is 2. The summed E-state index contributed by atoms with van der Waals surface area (Å²) in [5.41, 5.74) is 1.94. The van der Waals surface area contributed by atoms with E-state index in [4.69, 9.17) is 0 Å². The van der Waals surface area contributed by atoms with Crippen molar-refractivity contribution in [3.8, 4) is 0 Å². The molecular weight excluding hydrogens is 326 g/mol. The Balaban J connectivity index is 2.00. The summed E-state index contributed by atoms with van der Waals surface area (Å²) in [4.78, 5) is 27.2. The van der Waals surface area contributed by atoms with E-state index in [1.54, 1.807) is 0 Å². The number of unbranched alkanes of at least 4 members (excludes halogenated alkanes) is 1. The van der Waals surface area contributed by atoms with E-state index in [0.717, 1.165) is 37.3 Å². The van der Waals surface area contributed by atoms with Crippen LogP contribution in [0.15, 0.2) is 24.3 Å². The van der Waals surface area contributed by atoms with Gasteiger partial charge in [0.05, 0.1) is 0 Å². The first-order valence-electron chi connectivity index (χ1n) is 9.94. The zero-order valence-corrected chi connectivity index (χ0v) is 16.4. The van der Waals surface area contributed by atoms with Gasteiger partial charge in [-0.2, -0.15) is 0 Å². The molecule has 2 rings (SSSR count). The van der Waals surface area contributed by atoms with Gasteiger partial charge in [-0.1, -0.05) is 39.7 Å². The molecule has 1 aliphatic heterocycles. The highest BCUT2D eigenvalue weighted by atomic mass is 16.2. The Bertz CT molecular complexity index is 595. The Hall–Kier alpha value is -2.04. The summed E-state index contributed by atoms with van der Waals surface area (Å²) in [6.07, 6.45) is 5.45. The quantitative estimate of drug-likeness (QED) is 0.702. The number of hydrogen-bond acceptors (Lipinski definition) is 3. The third-order valence-corrected chi connectivity index (χ3v) is 4.68. The molecule has 1 aromatic rings. The monoisotopic (exact) mass is 359 g/mol. The van der Waals surface area contributed by atoms with Crippen molar-refractivity contribution in [1.29, 1.82) is 0 Å². The van der Waals surface area contributed by atoms with Gasteiger partial charge in [0.2, 0.25) is 11.8 Å². The van der Waals surface area contributed by atoms with Crippen LogP contribution in [0.2, 0.25) is 0 Å². The highest BCUT2D eigenvalue weighted by Crippen LogP contribution is 2.23. The fourth-order valence-electron chi connectivity index (χ4n) is 3.29. The van der Waals surface area contributed by atoms with E-state index in [2.05, 4.69) is 28.5 Å². The zero-order valence-electron chi connectivity index (χ0n) is 16.4. The maximum Gasteiger partial charge on any atom is 0.246 e. The summed E-state index contributed by atoms with van der Waals surface area (Å²) in [5, 5.41) is 5.90. The molecule has 0 aliphatic carbocycles. The number of amides is 2. The van der Waals surface area contributed by atoms with Crippen molar-refractivity contribution in [3.63, 3.8) is 0 Å². The molecule has 1 heterocycles. The SMILES string of the molecule is CCCCC(NC(=O)CC(C)C)C(=O)Nc1cccc(N2CCCC2)c1. The zero-order chi connectivity index (χ0) is 18.9. The average molecular weight is 360 g/mol. The first-order chi connectivity index (χ1) is 12.5. The van der Waals surface area contributed by atoms with Crippen LogP contribution >= 0.6 is 0 Å². The number of rotatable bonds is 9. The van der Waals surface area contributed by atoms with Crippen molar-refractivity contribution < 1.29 is 9.59 Å². The fourth-order valence-corrected chi connectivity index (χ4v) is 3.29. The number of nitrogens with one attached hydrogen (secondary N) is 2. The summed E-state index contributed by atoms with van der Waals surface area (Å²) in [5.74, 6) is 0.0956. The van der Waals surface area contributed by atoms with Crippen LogP contribution in [-0.2, 0) is 9.59 Å². The highest BCUT2D eigenvalue weighted by molar-refractivity contribution is 5.97. The third-order valence-electron chi connectivity index (χ3n) is 4.68. The highest BCUT2D eigenvalue weighted by Gasteiger charge is 2.21. The second-order valence-corrected chi connectivity index (χ2v) is 7.59. The van der Waals surface area contributed by atoms with Gasteiger partial charge >= 0.3 is 0 Å². The molecule has 5 heteroatoms. The Morgan fingerprint density at radius 2 is 1.92 bits per heavy atom. The second-order valence-electron chi connectivity index (χ2n) is 7.59. The maximum absolute atomic E-state index is 12.7. The van der Waals surface area contributed by atoms with Gasteiger partial charge in [0.15, 0.2) is 0 Å². The van der Waals surface area contributed by atoms with Crippen molar-refractivity contribution in [2.75, 3.05) is 23.3 Å². The molecule has 1 saturated heterocycles. The van der Waals surface area contributed by atoms with Crippen LogP contribution in [0.1, 0.15) is 59.3 Å². The molecule has 2 N–H and O–H groups in total. The predicted octanol–water partition coefficient (Wildman–Crippen LogP) is 3.95. The first kappa shape index (κ1) is 20.3. The number of carbonyl (C=O) groups excluding carboxylic acids is 2. The Kier molecular flexibility index (Phi) is 7.95. The summed E-state index contributed by atoms with van der Waals surface area (Å²) in [6, 6.07) is 7.51. The van der Waals surface area contributed by atoms with Crippen molar-refractivity contribution in [2.45, 2.75) is 65.3 Å². The molecule has 0 spiro atoms. The molecule has 1 aliphatic rings. The van der Waals surface area contributed by atoms with E-state index in [1.165, 1.54) is 12.8 Å². The Labute approximate surface area is 157 Å². The molecule has 144 valence electrons. The summed E-state index contributed by atoms with van der Waals surface area (Å²) < 4.78 is 0. The van der Waals surface area contributed by atoms with E-state index in [0.29, 0.717) is 12.8 Å². The molecule has 0 saturated carbocycles. The maximum atomic E-state index is 12.7. The molecule has 1 unspecified atom stereocenters. The fraction of sp³-hybridized carbons (Fsp3) is 0.619. The van der Waals surface area contributed by atoms with Crippen LogP contribution < -0.4 is 15.5 Å². The summed E-state index contributed by atoms with van der Waals surface area (Å²) >= 11 is 0. The minimum absolute atomic E-state index is 0.0536. The summed E-state index contributed by atoms with van der Waals surface area (Å²) in [7, 11) is 0. The number of carbonyl (C=O) groups is 2. The van der Waals surface area contributed by atoms with E-state index in [-0.39, 0.29) is 17.7 Å². The first-order valence-corrected chi connectivity index (χ1v) is 9.94. The minimum Gasteiger partial charge on any atom is -0.371 e. The standard InChI is InChI=1S/C21H33N3O2/c1-4-5-11-19(23-20(25)14-16(2)3)21(26)22-17-9-8-10-18(15-17)24-12-6-7-13-24/h8-10,15-16,19H,4-7,11-14H2,1-3H3,(H,22,26)(H,23,25). The van der Waals surface area contributed by atoms with Gasteiger partial charge in [-0.05, 0) is 43.4 Å². The predicted molar refractivity (Wildman–Crippen MR) is 107 cm³/mol. The lowest BCUT2D eigenvalue weighted by Gasteiger charge is -2.21. The lowest BCUT2D eigenvalue weighted by Crippen LogP contribution is -2.44. The van der Waals surface area contributed by atoms with Gasteiger partial charge in [-0.25, -0.2) is 0 Å². The smallest absolute Gasteiger partial charge is 0.246 e. The van der Waals surface area contributed by atoms with Crippen molar-refractivity contribution in [1.82, 2.24) is 5.32 Å². The van der Waals surface area contributed by atoms with Gasteiger partial charge < -0.3 is 15.5 Å². The van der Waals surface area contributed by atoms with Crippen LogP contribution in [0, 0.1) is 5.92 Å². The molecule has 0 aromatic heterocycles. The van der Waals surface area contributed by atoms with Crippen LogP contribution in [-0.4, -0.2) is 30.9 Å². The van der Waals surface area contributed by atoms with Crippen LogP contribution in [0.25, 0.3) is 0 Å². The Morgan fingerprint density at radius 1 is 1.19 bits per heavy atom.